The molecule has 0 saturated heterocycles. The largest absolute Gasteiger partial charge is 0.444 e. The van der Waals surface area contributed by atoms with Gasteiger partial charge in [0.2, 0.25) is 0 Å². The SMILES string of the molecule is CN(Cc1ccc(NC(=O)OCc2ccc(Cl)cc2)cc1)C(=O)c1ccncc1F. The van der Waals surface area contributed by atoms with Crippen molar-refractivity contribution in [1.29, 1.82) is 0 Å². The summed E-state index contributed by atoms with van der Waals surface area (Å²) in [5.74, 6) is -1.10. The fourth-order valence-corrected chi connectivity index (χ4v) is 2.80. The summed E-state index contributed by atoms with van der Waals surface area (Å²) in [7, 11) is 1.59. The molecule has 0 spiro atoms. The highest BCUT2D eigenvalue weighted by Crippen LogP contribution is 2.15. The van der Waals surface area contributed by atoms with E-state index in [0.29, 0.717) is 10.7 Å². The Morgan fingerprint density at radius 2 is 1.73 bits per heavy atom. The number of pyridine rings is 1. The summed E-state index contributed by atoms with van der Waals surface area (Å²) >= 11 is 5.82. The molecule has 0 fully saturated rings. The first kappa shape index (κ1) is 21.3. The standard InChI is InChI=1S/C22H19ClFN3O3/c1-27(21(28)19-10-11-25-12-20(19)24)13-15-4-8-18(9-5-15)26-22(29)30-14-16-2-6-17(23)7-3-16/h2-12H,13-14H2,1H3,(H,26,29). The number of hydrogen-bond acceptors (Lipinski definition) is 4. The molecule has 0 saturated carbocycles. The number of aromatic nitrogens is 1. The highest BCUT2D eigenvalue weighted by molar-refractivity contribution is 6.30. The molecule has 0 aliphatic rings. The van der Waals surface area contributed by atoms with Gasteiger partial charge in [-0.1, -0.05) is 35.9 Å². The number of nitrogens with zero attached hydrogens (tertiary/aromatic N) is 2. The maximum atomic E-state index is 13.7. The van der Waals surface area contributed by atoms with Crippen LogP contribution in [0.2, 0.25) is 5.02 Å². The van der Waals surface area contributed by atoms with Crippen molar-refractivity contribution < 1.29 is 18.7 Å². The monoisotopic (exact) mass is 427 g/mol. The third-order valence-electron chi connectivity index (χ3n) is 4.25. The lowest BCUT2D eigenvalue weighted by atomic mass is 10.1. The van der Waals surface area contributed by atoms with Gasteiger partial charge >= 0.3 is 6.09 Å². The van der Waals surface area contributed by atoms with E-state index in [9.17, 15) is 14.0 Å². The van der Waals surface area contributed by atoms with Gasteiger partial charge in [0.05, 0.1) is 11.8 Å². The Morgan fingerprint density at radius 1 is 1.07 bits per heavy atom. The van der Waals surface area contributed by atoms with E-state index >= 15 is 0 Å². The Morgan fingerprint density at radius 3 is 2.40 bits per heavy atom. The van der Waals surface area contributed by atoms with E-state index < -0.39 is 17.8 Å². The molecule has 0 radical (unpaired) electrons. The Labute approximate surface area is 178 Å². The van der Waals surface area contributed by atoms with Crippen molar-refractivity contribution in [1.82, 2.24) is 9.88 Å². The molecule has 3 rings (SSSR count). The molecular weight excluding hydrogens is 409 g/mol. The van der Waals surface area contributed by atoms with Crippen molar-refractivity contribution >= 4 is 29.3 Å². The van der Waals surface area contributed by atoms with Gasteiger partial charge in [0, 0.05) is 30.5 Å². The van der Waals surface area contributed by atoms with Crippen LogP contribution >= 0.6 is 11.6 Å². The third-order valence-corrected chi connectivity index (χ3v) is 4.50. The van der Waals surface area contributed by atoms with Crippen molar-refractivity contribution in [3.05, 3.63) is 94.5 Å². The lowest BCUT2D eigenvalue weighted by Crippen LogP contribution is -2.27. The van der Waals surface area contributed by atoms with Crippen LogP contribution in [0.3, 0.4) is 0 Å². The predicted molar refractivity (Wildman–Crippen MR) is 112 cm³/mol. The van der Waals surface area contributed by atoms with Crippen molar-refractivity contribution in [2.75, 3.05) is 12.4 Å². The molecule has 1 aromatic heterocycles. The van der Waals surface area contributed by atoms with E-state index in [1.807, 2.05) is 0 Å². The first-order valence-corrected chi connectivity index (χ1v) is 9.42. The van der Waals surface area contributed by atoms with E-state index in [2.05, 4.69) is 10.3 Å². The molecule has 0 bridgehead atoms. The van der Waals surface area contributed by atoms with E-state index in [-0.39, 0.29) is 18.7 Å². The normalized spacial score (nSPS) is 10.4. The lowest BCUT2D eigenvalue weighted by Gasteiger charge is -2.18. The second-order valence-corrected chi connectivity index (χ2v) is 6.98. The van der Waals surface area contributed by atoms with Crippen LogP contribution in [-0.4, -0.2) is 28.9 Å². The molecule has 0 aliphatic heterocycles. The van der Waals surface area contributed by atoms with E-state index in [4.69, 9.17) is 16.3 Å². The van der Waals surface area contributed by atoms with E-state index in [0.717, 1.165) is 17.3 Å². The number of carbonyl (C=O) groups excluding carboxylic acids is 2. The average molecular weight is 428 g/mol. The van der Waals surface area contributed by atoms with Crippen LogP contribution in [0.5, 0.6) is 0 Å². The topological polar surface area (TPSA) is 71.5 Å². The number of halogens is 2. The minimum atomic E-state index is -0.661. The highest BCUT2D eigenvalue weighted by Gasteiger charge is 2.16. The Balaban J connectivity index is 1.51. The fourth-order valence-electron chi connectivity index (χ4n) is 2.68. The Kier molecular flexibility index (Phi) is 6.98. The maximum absolute atomic E-state index is 13.7. The molecule has 0 aliphatic carbocycles. The van der Waals surface area contributed by atoms with Crippen LogP contribution in [0.4, 0.5) is 14.9 Å². The second kappa shape index (κ2) is 9.84. The van der Waals surface area contributed by atoms with Crippen molar-refractivity contribution in [3.63, 3.8) is 0 Å². The van der Waals surface area contributed by atoms with Gasteiger partial charge < -0.3 is 9.64 Å². The van der Waals surface area contributed by atoms with Gasteiger partial charge in [0.25, 0.3) is 5.91 Å². The van der Waals surface area contributed by atoms with Gasteiger partial charge in [-0.15, -0.1) is 0 Å². The number of carbonyl (C=O) groups is 2. The summed E-state index contributed by atoms with van der Waals surface area (Å²) in [5.41, 5.74) is 2.16. The van der Waals surface area contributed by atoms with Crippen LogP contribution < -0.4 is 5.32 Å². The number of hydrogen-bond donors (Lipinski definition) is 1. The molecule has 2 amide bonds. The van der Waals surface area contributed by atoms with Crippen LogP contribution in [0, 0.1) is 5.82 Å². The maximum Gasteiger partial charge on any atom is 0.411 e. The minimum absolute atomic E-state index is 0.0331. The summed E-state index contributed by atoms with van der Waals surface area (Å²) < 4.78 is 18.9. The first-order chi connectivity index (χ1) is 14.4. The van der Waals surface area contributed by atoms with E-state index in [1.165, 1.54) is 17.2 Å². The molecule has 154 valence electrons. The molecule has 2 aromatic carbocycles. The Bertz CT molecular complexity index is 1030. The minimum Gasteiger partial charge on any atom is -0.444 e. The molecule has 3 aromatic rings. The summed E-state index contributed by atoms with van der Waals surface area (Å²) in [4.78, 5) is 29.4. The number of anilines is 1. The van der Waals surface area contributed by atoms with Gasteiger partial charge in [0.1, 0.15) is 6.61 Å². The van der Waals surface area contributed by atoms with Crippen LogP contribution in [0.15, 0.2) is 67.0 Å². The van der Waals surface area contributed by atoms with E-state index in [1.54, 1.807) is 55.6 Å². The lowest BCUT2D eigenvalue weighted by molar-refractivity contribution is 0.0780. The molecule has 0 unspecified atom stereocenters. The summed E-state index contributed by atoms with van der Waals surface area (Å²) in [5, 5.41) is 3.25. The van der Waals surface area contributed by atoms with Gasteiger partial charge in [-0.2, -0.15) is 0 Å². The fraction of sp³-hybridized carbons (Fsp3) is 0.136. The van der Waals surface area contributed by atoms with Gasteiger partial charge in [-0.3, -0.25) is 15.1 Å². The second-order valence-electron chi connectivity index (χ2n) is 6.54. The molecular formula is C22H19ClFN3O3. The van der Waals surface area contributed by atoms with Crippen LogP contribution in [0.25, 0.3) is 0 Å². The molecule has 8 heteroatoms. The first-order valence-electron chi connectivity index (χ1n) is 9.04. The zero-order valence-corrected chi connectivity index (χ0v) is 16.9. The summed E-state index contributed by atoms with van der Waals surface area (Å²) in [6.45, 7) is 0.404. The van der Waals surface area contributed by atoms with Crippen molar-refractivity contribution in [3.8, 4) is 0 Å². The zero-order valence-electron chi connectivity index (χ0n) is 16.1. The van der Waals surface area contributed by atoms with Gasteiger partial charge in [0.15, 0.2) is 5.82 Å². The predicted octanol–water partition coefficient (Wildman–Crippen LogP) is 4.90. The number of benzene rings is 2. The zero-order chi connectivity index (χ0) is 21.5. The average Bonchev–Trinajstić information content (AvgIpc) is 2.74. The molecule has 1 heterocycles. The number of rotatable bonds is 6. The molecule has 6 nitrogen and oxygen atoms in total. The summed E-state index contributed by atoms with van der Waals surface area (Å²) in [6, 6.07) is 15.3. The number of ether oxygens (including phenoxy) is 1. The third kappa shape index (κ3) is 5.78. The van der Waals surface area contributed by atoms with Crippen molar-refractivity contribution in [2.45, 2.75) is 13.2 Å². The highest BCUT2D eigenvalue weighted by atomic mass is 35.5. The van der Waals surface area contributed by atoms with Crippen LogP contribution in [-0.2, 0) is 17.9 Å². The summed E-state index contributed by atoms with van der Waals surface area (Å²) in [6.07, 6.45) is 1.79. The molecule has 30 heavy (non-hydrogen) atoms. The quantitative estimate of drug-likeness (QED) is 0.607. The number of amides is 2. The Hall–Kier alpha value is -3.45. The van der Waals surface area contributed by atoms with Crippen LogP contribution in [0.1, 0.15) is 21.5 Å². The van der Waals surface area contributed by atoms with Gasteiger partial charge in [-0.25, -0.2) is 9.18 Å². The van der Waals surface area contributed by atoms with Crippen molar-refractivity contribution in [2.24, 2.45) is 0 Å². The molecule has 1 N–H and O–H groups in total. The van der Waals surface area contributed by atoms with Gasteiger partial charge in [-0.05, 0) is 41.5 Å². The number of nitrogens with one attached hydrogen (secondary N) is 1. The molecule has 0 atom stereocenters. The smallest absolute Gasteiger partial charge is 0.411 e.